The Labute approximate surface area is 102 Å². The zero-order chi connectivity index (χ0) is 13.1. The third-order valence-corrected chi connectivity index (χ3v) is 2.42. The van der Waals surface area contributed by atoms with Crippen LogP contribution in [0.3, 0.4) is 0 Å². The summed E-state index contributed by atoms with van der Waals surface area (Å²) >= 11 is 0. The maximum Gasteiger partial charge on any atom is 0.280 e. The van der Waals surface area contributed by atoms with Gasteiger partial charge in [0.25, 0.3) is 11.5 Å². The van der Waals surface area contributed by atoms with E-state index in [0.717, 1.165) is 4.68 Å². The normalized spacial score (nSPS) is 10.0. The SMILES string of the molecule is Cc1nc2ccccc2c(=O)n1NC(=O)CC#N. The van der Waals surface area contributed by atoms with Crippen molar-refractivity contribution in [2.24, 2.45) is 0 Å². The topological polar surface area (TPSA) is 87.8 Å². The van der Waals surface area contributed by atoms with E-state index in [1.807, 2.05) is 0 Å². The molecule has 1 heterocycles. The van der Waals surface area contributed by atoms with Gasteiger partial charge in [0.05, 0.1) is 17.0 Å². The van der Waals surface area contributed by atoms with Gasteiger partial charge >= 0.3 is 0 Å². The largest absolute Gasteiger partial charge is 0.280 e. The Bertz CT molecular complexity index is 712. The summed E-state index contributed by atoms with van der Waals surface area (Å²) in [5, 5.41) is 8.83. The Morgan fingerprint density at radius 1 is 1.50 bits per heavy atom. The number of rotatable bonds is 2. The number of fused-ring (bicyclic) bond motifs is 1. The van der Waals surface area contributed by atoms with E-state index >= 15 is 0 Å². The van der Waals surface area contributed by atoms with Gasteiger partial charge in [-0.1, -0.05) is 12.1 Å². The number of carbonyl (C=O) groups excluding carboxylic acids is 1. The molecule has 6 heteroatoms. The molecule has 2 rings (SSSR count). The van der Waals surface area contributed by atoms with E-state index in [1.165, 1.54) is 0 Å². The summed E-state index contributed by atoms with van der Waals surface area (Å²) in [5.41, 5.74) is 2.57. The first kappa shape index (κ1) is 11.8. The molecule has 0 atom stereocenters. The fourth-order valence-electron chi connectivity index (χ4n) is 1.61. The average Bonchev–Trinajstić information content (AvgIpc) is 2.35. The van der Waals surface area contributed by atoms with Crippen LogP contribution in [0.2, 0.25) is 0 Å². The quantitative estimate of drug-likeness (QED) is 0.839. The van der Waals surface area contributed by atoms with E-state index in [4.69, 9.17) is 5.26 Å². The minimum absolute atomic E-state index is 0.307. The van der Waals surface area contributed by atoms with Crippen molar-refractivity contribution in [3.63, 3.8) is 0 Å². The van der Waals surface area contributed by atoms with Crippen LogP contribution in [0.4, 0.5) is 0 Å². The van der Waals surface area contributed by atoms with Crippen LogP contribution in [0.15, 0.2) is 29.1 Å². The van der Waals surface area contributed by atoms with Crippen LogP contribution in [0, 0.1) is 18.3 Å². The van der Waals surface area contributed by atoms with Crippen molar-refractivity contribution in [3.8, 4) is 6.07 Å². The Balaban J connectivity index is 2.55. The van der Waals surface area contributed by atoms with Crippen LogP contribution < -0.4 is 11.0 Å². The molecule has 1 amide bonds. The van der Waals surface area contributed by atoms with Gasteiger partial charge in [-0.3, -0.25) is 15.0 Å². The molecule has 0 fully saturated rings. The molecule has 18 heavy (non-hydrogen) atoms. The number of hydrogen-bond acceptors (Lipinski definition) is 4. The van der Waals surface area contributed by atoms with Crippen molar-refractivity contribution in [3.05, 3.63) is 40.4 Å². The van der Waals surface area contributed by atoms with Gasteiger partial charge in [0, 0.05) is 0 Å². The van der Waals surface area contributed by atoms with E-state index < -0.39 is 5.91 Å². The van der Waals surface area contributed by atoms with Gasteiger partial charge in [0.2, 0.25) is 0 Å². The Morgan fingerprint density at radius 2 is 2.22 bits per heavy atom. The Hall–Kier alpha value is -2.68. The number of aromatic nitrogens is 2. The molecular weight excluding hydrogens is 232 g/mol. The summed E-state index contributed by atoms with van der Waals surface area (Å²) in [4.78, 5) is 27.7. The molecule has 0 aliphatic rings. The lowest BCUT2D eigenvalue weighted by molar-refractivity contribution is -0.116. The number of hydrogen-bond donors (Lipinski definition) is 1. The highest BCUT2D eigenvalue weighted by Crippen LogP contribution is 2.06. The molecule has 0 saturated heterocycles. The van der Waals surface area contributed by atoms with Gasteiger partial charge in [0.1, 0.15) is 12.2 Å². The summed E-state index contributed by atoms with van der Waals surface area (Å²) in [6.07, 6.45) is -0.307. The highest BCUT2D eigenvalue weighted by Gasteiger charge is 2.09. The summed E-state index contributed by atoms with van der Waals surface area (Å²) in [7, 11) is 0. The van der Waals surface area contributed by atoms with Crippen molar-refractivity contribution in [2.45, 2.75) is 13.3 Å². The second-order valence-corrected chi connectivity index (χ2v) is 3.69. The smallest absolute Gasteiger partial charge is 0.272 e. The van der Waals surface area contributed by atoms with Crippen molar-refractivity contribution in [2.75, 3.05) is 5.43 Å². The van der Waals surface area contributed by atoms with Gasteiger partial charge in [-0.2, -0.15) is 5.26 Å². The number of amides is 1. The minimum Gasteiger partial charge on any atom is -0.272 e. The predicted molar refractivity (Wildman–Crippen MR) is 65.3 cm³/mol. The first-order valence-corrected chi connectivity index (χ1v) is 5.28. The lowest BCUT2D eigenvalue weighted by Gasteiger charge is -2.10. The average molecular weight is 242 g/mol. The van der Waals surface area contributed by atoms with Gasteiger partial charge in [-0.15, -0.1) is 0 Å². The standard InChI is InChI=1S/C12H10N4O2/c1-8-14-10-5-3-2-4-9(10)12(18)16(8)15-11(17)6-7-13/h2-5H,6H2,1H3,(H,15,17). The number of para-hydroxylation sites is 1. The lowest BCUT2D eigenvalue weighted by Crippen LogP contribution is -2.35. The Morgan fingerprint density at radius 3 is 2.94 bits per heavy atom. The van der Waals surface area contributed by atoms with Crippen molar-refractivity contribution < 1.29 is 4.79 Å². The molecule has 90 valence electrons. The molecular formula is C12H10N4O2. The molecule has 0 spiro atoms. The molecule has 1 aromatic heterocycles. The molecule has 0 radical (unpaired) electrons. The maximum absolute atomic E-state index is 12.1. The molecule has 1 aromatic carbocycles. The van der Waals surface area contributed by atoms with Gasteiger partial charge in [0.15, 0.2) is 0 Å². The lowest BCUT2D eigenvalue weighted by atomic mass is 10.2. The second-order valence-electron chi connectivity index (χ2n) is 3.69. The molecule has 2 aromatic rings. The number of benzene rings is 1. The zero-order valence-corrected chi connectivity index (χ0v) is 9.67. The third kappa shape index (κ3) is 2.06. The predicted octanol–water partition coefficient (Wildman–Crippen LogP) is 0.689. The molecule has 0 unspecified atom stereocenters. The number of nitrogens with one attached hydrogen (secondary N) is 1. The van der Waals surface area contributed by atoms with E-state index in [1.54, 1.807) is 37.3 Å². The third-order valence-electron chi connectivity index (χ3n) is 2.42. The summed E-state index contributed by atoms with van der Waals surface area (Å²) in [6, 6.07) is 8.59. The molecule has 0 aliphatic carbocycles. The summed E-state index contributed by atoms with van der Waals surface area (Å²) in [6.45, 7) is 1.61. The first-order chi connectivity index (χ1) is 8.63. The number of nitrogens with zero attached hydrogens (tertiary/aromatic N) is 3. The summed E-state index contributed by atoms with van der Waals surface area (Å²) in [5.74, 6) is -0.176. The molecule has 0 saturated carbocycles. The van der Waals surface area contributed by atoms with Crippen molar-refractivity contribution >= 4 is 16.8 Å². The first-order valence-electron chi connectivity index (χ1n) is 5.28. The van der Waals surface area contributed by atoms with Gasteiger partial charge < -0.3 is 0 Å². The van der Waals surface area contributed by atoms with Crippen LogP contribution in [0.5, 0.6) is 0 Å². The zero-order valence-electron chi connectivity index (χ0n) is 9.67. The molecule has 0 bridgehead atoms. The molecule has 6 nitrogen and oxygen atoms in total. The van der Waals surface area contributed by atoms with Crippen LogP contribution in [-0.4, -0.2) is 15.6 Å². The van der Waals surface area contributed by atoms with Crippen molar-refractivity contribution in [1.82, 2.24) is 9.66 Å². The summed E-state index contributed by atoms with van der Waals surface area (Å²) < 4.78 is 1.06. The van der Waals surface area contributed by atoms with E-state index in [9.17, 15) is 9.59 Å². The van der Waals surface area contributed by atoms with Crippen LogP contribution >= 0.6 is 0 Å². The number of carbonyl (C=O) groups is 1. The maximum atomic E-state index is 12.1. The van der Waals surface area contributed by atoms with Gasteiger partial charge in [-0.05, 0) is 19.1 Å². The van der Waals surface area contributed by atoms with Crippen molar-refractivity contribution in [1.29, 1.82) is 5.26 Å². The van der Waals surface area contributed by atoms with Crippen LogP contribution in [0.25, 0.3) is 10.9 Å². The van der Waals surface area contributed by atoms with E-state index in [-0.39, 0.29) is 12.0 Å². The highest BCUT2D eigenvalue weighted by atomic mass is 16.2. The van der Waals surface area contributed by atoms with Crippen LogP contribution in [0.1, 0.15) is 12.2 Å². The monoisotopic (exact) mass is 242 g/mol. The second kappa shape index (κ2) is 4.67. The highest BCUT2D eigenvalue weighted by molar-refractivity contribution is 5.86. The van der Waals surface area contributed by atoms with Crippen LogP contribution in [-0.2, 0) is 4.79 Å². The van der Waals surface area contributed by atoms with E-state index in [0.29, 0.717) is 16.7 Å². The minimum atomic E-state index is -0.542. The fourth-order valence-corrected chi connectivity index (χ4v) is 1.61. The molecule has 0 aliphatic heterocycles. The van der Waals surface area contributed by atoms with E-state index in [2.05, 4.69) is 10.4 Å². The fraction of sp³-hybridized carbons (Fsp3) is 0.167. The Kier molecular flexibility index (Phi) is 3.06. The van der Waals surface area contributed by atoms with Gasteiger partial charge in [-0.25, -0.2) is 9.66 Å². The molecule has 1 N–H and O–H groups in total. The number of aryl methyl sites for hydroxylation is 1. The number of nitriles is 1.